The zero-order valence-electron chi connectivity index (χ0n) is 16.9. The minimum Gasteiger partial charge on any atom is -0.450 e. The predicted octanol–water partition coefficient (Wildman–Crippen LogP) is 3.55. The largest absolute Gasteiger partial charge is 0.450 e. The van der Waals surface area contributed by atoms with Crippen LogP contribution in [0.3, 0.4) is 0 Å². The predicted molar refractivity (Wildman–Crippen MR) is 114 cm³/mol. The first kappa shape index (κ1) is 20.2. The van der Waals surface area contributed by atoms with Gasteiger partial charge in [-0.15, -0.1) is 0 Å². The Bertz CT molecular complexity index is 864. The average Bonchev–Trinajstić information content (AvgIpc) is 2.74. The van der Waals surface area contributed by atoms with E-state index in [-0.39, 0.29) is 6.09 Å². The molecule has 0 bridgehead atoms. The van der Waals surface area contributed by atoms with Crippen LogP contribution in [0.15, 0.2) is 18.2 Å². The summed E-state index contributed by atoms with van der Waals surface area (Å²) in [6.45, 7) is 8.15. The second-order valence-electron chi connectivity index (χ2n) is 7.65. The highest BCUT2D eigenvalue weighted by atomic mass is 35.5. The molecule has 0 N–H and O–H groups in total. The van der Waals surface area contributed by atoms with E-state index in [0.717, 1.165) is 43.9 Å². The number of pyridine rings is 2. The molecule has 2 aliphatic rings. The highest BCUT2D eigenvalue weighted by molar-refractivity contribution is 6.29. The van der Waals surface area contributed by atoms with Crippen LogP contribution in [0, 0.1) is 0 Å². The zero-order valence-corrected chi connectivity index (χ0v) is 17.7. The maximum Gasteiger partial charge on any atom is 0.409 e. The number of ether oxygens (including phenoxy) is 1. The van der Waals surface area contributed by atoms with Crippen molar-refractivity contribution in [3.8, 4) is 0 Å². The third-order valence-corrected chi connectivity index (χ3v) is 5.89. The molecule has 4 rings (SSSR count). The first-order valence-corrected chi connectivity index (χ1v) is 10.9. The van der Waals surface area contributed by atoms with E-state index in [0.29, 0.717) is 30.5 Å². The Kier molecular flexibility index (Phi) is 6.35. The Balaban J connectivity index is 1.54. The molecule has 0 radical (unpaired) electrons. The number of halogens is 1. The fourth-order valence-electron chi connectivity index (χ4n) is 4.10. The summed E-state index contributed by atoms with van der Waals surface area (Å²) in [4.78, 5) is 27.7. The quantitative estimate of drug-likeness (QED) is 0.709. The van der Waals surface area contributed by atoms with E-state index in [9.17, 15) is 4.79 Å². The van der Waals surface area contributed by atoms with E-state index in [1.807, 2.05) is 19.1 Å². The second kappa shape index (κ2) is 9.13. The minimum atomic E-state index is -0.215. The van der Waals surface area contributed by atoms with Gasteiger partial charge in [0.05, 0.1) is 6.61 Å². The lowest BCUT2D eigenvalue weighted by Crippen LogP contribution is -2.48. The van der Waals surface area contributed by atoms with E-state index in [1.54, 1.807) is 4.90 Å². The van der Waals surface area contributed by atoms with Crippen molar-refractivity contribution in [3.63, 3.8) is 0 Å². The van der Waals surface area contributed by atoms with Gasteiger partial charge in [0, 0.05) is 51.2 Å². The Morgan fingerprint density at radius 1 is 1.07 bits per heavy atom. The minimum absolute atomic E-state index is 0.215. The summed E-state index contributed by atoms with van der Waals surface area (Å²) in [5, 5.41) is 1.51. The molecule has 0 atom stereocenters. The number of hydrogen-bond donors (Lipinski definition) is 0. The van der Waals surface area contributed by atoms with Crippen molar-refractivity contribution < 1.29 is 9.53 Å². The van der Waals surface area contributed by atoms with E-state index >= 15 is 0 Å². The molecule has 7 nitrogen and oxygen atoms in total. The number of rotatable bonds is 4. The third kappa shape index (κ3) is 4.73. The number of piperazine rings is 1. The van der Waals surface area contributed by atoms with Crippen LogP contribution < -0.4 is 4.90 Å². The summed E-state index contributed by atoms with van der Waals surface area (Å²) in [5.41, 5.74) is 1.92. The maximum absolute atomic E-state index is 11.9. The monoisotopic (exact) mass is 417 g/mol. The number of hydrogen-bond acceptors (Lipinski definition) is 6. The SMILES string of the molecule is CCOC(=O)N1CCN(Cc2cc(N3CCCCC3)nc3nc(Cl)ccc23)CC1. The molecule has 2 aliphatic heterocycles. The number of amides is 1. The molecular weight excluding hydrogens is 390 g/mol. The molecule has 0 spiro atoms. The molecule has 2 fully saturated rings. The van der Waals surface area contributed by atoms with Gasteiger partial charge in [-0.2, -0.15) is 0 Å². The standard InChI is InChI=1S/C21H28ClN5O2/c1-2-29-21(28)27-12-10-25(11-13-27)15-16-14-19(26-8-4-3-5-9-26)24-20-17(16)6-7-18(22)23-20/h6-7,14H,2-5,8-13,15H2,1H3. The first-order valence-electron chi connectivity index (χ1n) is 10.5. The molecule has 2 aromatic heterocycles. The van der Waals surface area contributed by atoms with Gasteiger partial charge < -0.3 is 14.5 Å². The number of anilines is 1. The molecule has 4 heterocycles. The number of carbonyl (C=O) groups is 1. The number of nitrogens with zero attached hydrogens (tertiary/aromatic N) is 5. The number of aromatic nitrogens is 2. The average molecular weight is 418 g/mol. The van der Waals surface area contributed by atoms with Gasteiger partial charge in [-0.25, -0.2) is 14.8 Å². The molecule has 29 heavy (non-hydrogen) atoms. The summed E-state index contributed by atoms with van der Waals surface area (Å²) in [6.07, 6.45) is 3.47. The van der Waals surface area contributed by atoms with Crippen LogP contribution in [0.1, 0.15) is 31.7 Å². The molecule has 156 valence electrons. The van der Waals surface area contributed by atoms with Crippen LogP contribution in [-0.2, 0) is 11.3 Å². The van der Waals surface area contributed by atoms with Crippen LogP contribution >= 0.6 is 11.6 Å². The van der Waals surface area contributed by atoms with E-state index in [4.69, 9.17) is 21.3 Å². The Morgan fingerprint density at radius 2 is 1.83 bits per heavy atom. The topological polar surface area (TPSA) is 61.8 Å². The maximum atomic E-state index is 11.9. The molecule has 0 saturated carbocycles. The molecule has 1 amide bonds. The smallest absolute Gasteiger partial charge is 0.409 e. The van der Waals surface area contributed by atoms with Crippen LogP contribution in [0.4, 0.5) is 10.6 Å². The lowest BCUT2D eigenvalue weighted by atomic mass is 10.1. The van der Waals surface area contributed by atoms with Gasteiger partial charge in [-0.05, 0) is 49.9 Å². The summed E-state index contributed by atoms with van der Waals surface area (Å²) in [5.74, 6) is 0.993. The molecular formula is C21H28ClN5O2. The normalized spacial score (nSPS) is 18.3. The van der Waals surface area contributed by atoms with E-state index in [2.05, 4.69) is 20.9 Å². The van der Waals surface area contributed by atoms with Gasteiger partial charge in [0.15, 0.2) is 5.65 Å². The first-order chi connectivity index (χ1) is 14.1. The second-order valence-corrected chi connectivity index (χ2v) is 8.04. The van der Waals surface area contributed by atoms with Crippen molar-refractivity contribution in [1.82, 2.24) is 19.8 Å². The van der Waals surface area contributed by atoms with Gasteiger partial charge >= 0.3 is 6.09 Å². The number of fused-ring (bicyclic) bond motifs is 1. The summed E-state index contributed by atoms with van der Waals surface area (Å²) >= 11 is 6.15. The zero-order chi connectivity index (χ0) is 20.2. The van der Waals surface area contributed by atoms with Crippen LogP contribution in [0.2, 0.25) is 5.15 Å². The summed E-state index contributed by atoms with van der Waals surface area (Å²) in [7, 11) is 0. The van der Waals surface area contributed by atoms with Crippen LogP contribution in [0.25, 0.3) is 11.0 Å². The van der Waals surface area contributed by atoms with Crippen molar-refractivity contribution >= 4 is 34.5 Å². The van der Waals surface area contributed by atoms with E-state index in [1.165, 1.54) is 24.8 Å². The highest BCUT2D eigenvalue weighted by Crippen LogP contribution is 2.26. The van der Waals surface area contributed by atoms with Gasteiger partial charge in [0.1, 0.15) is 11.0 Å². The molecule has 0 aromatic carbocycles. The molecule has 2 saturated heterocycles. The van der Waals surface area contributed by atoms with Crippen molar-refractivity contribution in [1.29, 1.82) is 0 Å². The third-order valence-electron chi connectivity index (χ3n) is 5.68. The molecule has 0 unspecified atom stereocenters. The van der Waals surface area contributed by atoms with Gasteiger partial charge in [-0.1, -0.05) is 11.6 Å². The van der Waals surface area contributed by atoms with Crippen LogP contribution in [0.5, 0.6) is 0 Å². The lowest BCUT2D eigenvalue weighted by molar-refractivity contribution is 0.0779. The summed E-state index contributed by atoms with van der Waals surface area (Å²) in [6, 6.07) is 6.05. The fourth-order valence-corrected chi connectivity index (χ4v) is 4.24. The lowest BCUT2D eigenvalue weighted by Gasteiger charge is -2.34. The van der Waals surface area contributed by atoms with Crippen molar-refractivity contribution in [2.45, 2.75) is 32.7 Å². The van der Waals surface area contributed by atoms with Crippen molar-refractivity contribution in [3.05, 3.63) is 28.9 Å². The Labute approximate surface area is 176 Å². The Hall–Kier alpha value is -2.12. The summed E-state index contributed by atoms with van der Waals surface area (Å²) < 4.78 is 5.12. The van der Waals surface area contributed by atoms with Gasteiger partial charge in [-0.3, -0.25) is 4.90 Å². The van der Waals surface area contributed by atoms with Gasteiger partial charge in [0.2, 0.25) is 0 Å². The molecule has 0 aliphatic carbocycles. The molecule has 8 heteroatoms. The Morgan fingerprint density at radius 3 is 2.55 bits per heavy atom. The van der Waals surface area contributed by atoms with Gasteiger partial charge in [0.25, 0.3) is 0 Å². The van der Waals surface area contributed by atoms with Crippen molar-refractivity contribution in [2.75, 3.05) is 50.8 Å². The van der Waals surface area contributed by atoms with Crippen LogP contribution in [-0.4, -0.2) is 71.7 Å². The van der Waals surface area contributed by atoms with E-state index < -0.39 is 0 Å². The fraction of sp³-hybridized carbons (Fsp3) is 0.571. The molecule has 2 aromatic rings. The van der Waals surface area contributed by atoms with Crippen molar-refractivity contribution in [2.24, 2.45) is 0 Å². The number of piperidine rings is 1. The number of carbonyl (C=O) groups excluding carboxylic acids is 1. The highest BCUT2D eigenvalue weighted by Gasteiger charge is 2.23.